The first-order valence-corrected chi connectivity index (χ1v) is 6.11. The molecule has 0 aliphatic heterocycles. The maximum atomic E-state index is 4.49. The average molecular weight is 254 g/mol. The van der Waals surface area contributed by atoms with Crippen LogP contribution in [-0.2, 0) is 13.5 Å². The van der Waals surface area contributed by atoms with E-state index in [0.717, 1.165) is 35.6 Å². The Balaban J connectivity index is 1.65. The first-order valence-electron chi connectivity index (χ1n) is 6.11. The summed E-state index contributed by atoms with van der Waals surface area (Å²) >= 11 is 0. The van der Waals surface area contributed by atoms with Gasteiger partial charge in [-0.25, -0.2) is 9.97 Å². The number of hydrogen-bond acceptors (Lipinski definition) is 5. The highest BCUT2D eigenvalue weighted by molar-refractivity contribution is 5.75. The van der Waals surface area contributed by atoms with Gasteiger partial charge in [-0.05, 0) is 12.1 Å². The third-order valence-corrected chi connectivity index (χ3v) is 2.75. The van der Waals surface area contributed by atoms with Gasteiger partial charge >= 0.3 is 0 Å². The number of nitrogens with zero attached hydrogens (tertiary/aromatic N) is 5. The molecule has 1 aromatic carbocycles. The maximum absolute atomic E-state index is 4.49. The van der Waals surface area contributed by atoms with Gasteiger partial charge in [0.15, 0.2) is 5.82 Å². The summed E-state index contributed by atoms with van der Waals surface area (Å²) in [6, 6.07) is 7.81. The summed E-state index contributed by atoms with van der Waals surface area (Å²) in [5.74, 6) is 1.60. The molecule has 0 bridgehead atoms. The Kier molecular flexibility index (Phi) is 3.06. The smallest absolute Gasteiger partial charge is 0.152 e. The fourth-order valence-electron chi connectivity index (χ4n) is 1.84. The summed E-state index contributed by atoms with van der Waals surface area (Å²) in [7, 11) is 1.86. The minimum atomic E-state index is 0.733. The Morgan fingerprint density at radius 3 is 2.79 bits per heavy atom. The van der Waals surface area contributed by atoms with Gasteiger partial charge in [-0.1, -0.05) is 12.1 Å². The van der Waals surface area contributed by atoms with Crippen LogP contribution in [0.25, 0.3) is 11.0 Å². The molecule has 2 heterocycles. The molecule has 6 heteroatoms. The Morgan fingerprint density at radius 2 is 2.00 bits per heavy atom. The molecule has 0 atom stereocenters. The van der Waals surface area contributed by atoms with Gasteiger partial charge in [0.05, 0.1) is 17.2 Å². The van der Waals surface area contributed by atoms with Gasteiger partial charge < -0.3 is 5.32 Å². The normalized spacial score (nSPS) is 10.8. The second kappa shape index (κ2) is 5.01. The Morgan fingerprint density at radius 1 is 1.16 bits per heavy atom. The zero-order chi connectivity index (χ0) is 13.1. The van der Waals surface area contributed by atoms with Crippen molar-refractivity contribution in [3.05, 3.63) is 42.6 Å². The van der Waals surface area contributed by atoms with Crippen molar-refractivity contribution in [1.29, 1.82) is 0 Å². The van der Waals surface area contributed by atoms with E-state index in [1.54, 1.807) is 17.2 Å². The second-order valence-electron chi connectivity index (χ2n) is 4.26. The predicted octanol–water partition coefficient (Wildman–Crippen LogP) is 1.41. The van der Waals surface area contributed by atoms with Gasteiger partial charge in [0.2, 0.25) is 0 Å². The van der Waals surface area contributed by atoms with E-state index >= 15 is 0 Å². The van der Waals surface area contributed by atoms with Gasteiger partial charge in [0.25, 0.3) is 0 Å². The highest BCUT2D eigenvalue weighted by Crippen LogP contribution is 2.11. The number of nitrogens with one attached hydrogen (secondary N) is 1. The van der Waals surface area contributed by atoms with Crippen molar-refractivity contribution >= 4 is 16.9 Å². The van der Waals surface area contributed by atoms with Crippen LogP contribution in [0.2, 0.25) is 0 Å². The predicted molar refractivity (Wildman–Crippen MR) is 72.7 cm³/mol. The molecule has 3 rings (SSSR count). The van der Waals surface area contributed by atoms with Gasteiger partial charge in [-0.2, -0.15) is 5.10 Å². The number of para-hydroxylation sites is 2. The Bertz CT molecular complexity index is 690. The number of anilines is 1. The fraction of sp³-hybridized carbons (Fsp3) is 0.231. The summed E-state index contributed by atoms with van der Waals surface area (Å²) in [5.41, 5.74) is 1.79. The van der Waals surface area contributed by atoms with Crippen LogP contribution in [0, 0.1) is 0 Å². The SMILES string of the molecule is Cn1cnc(CCNc2cnc3ccccc3n2)n1. The topological polar surface area (TPSA) is 68.5 Å². The molecule has 6 nitrogen and oxygen atoms in total. The quantitative estimate of drug-likeness (QED) is 0.762. The highest BCUT2D eigenvalue weighted by atomic mass is 15.3. The number of benzene rings is 1. The molecule has 0 saturated carbocycles. The number of aromatic nitrogens is 5. The summed E-state index contributed by atoms with van der Waals surface area (Å²) in [4.78, 5) is 13.0. The minimum absolute atomic E-state index is 0.733. The Hall–Kier alpha value is -2.50. The van der Waals surface area contributed by atoms with Crippen molar-refractivity contribution in [2.24, 2.45) is 7.05 Å². The second-order valence-corrected chi connectivity index (χ2v) is 4.26. The molecular weight excluding hydrogens is 240 g/mol. The van der Waals surface area contributed by atoms with Crippen molar-refractivity contribution in [3.8, 4) is 0 Å². The molecule has 0 aliphatic carbocycles. The zero-order valence-corrected chi connectivity index (χ0v) is 10.6. The van der Waals surface area contributed by atoms with Gasteiger partial charge in [-0.15, -0.1) is 0 Å². The van der Waals surface area contributed by atoms with Crippen LogP contribution >= 0.6 is 0 Å². The Labute approximate surface area is 110 Å². The lowest BCUT2D eigenvalue weighted by molar-refractivity contribution is 0.742. The third kappa shape index (κ3) is 2.67. The van der Waals surface area contributed by atoms with Crippen molar-refractivity contribution in [2.45, 2.75) is 6.42 Å². The largest absolute Gasteiger partial charge is 0.368 e. The van der Waals surface area contributed by atoms with Crippen LogP contribution in [0.5, 0.6) is 0 Å². The number of hydrogen-bond donors (Lipinski definition) is 1. The van der Waals surface area contributed by atoms with E-state index in [1.807, 2.05) is 31.3 Å². The van der Waals surface area contributed by atoms with Crippen LogP contribution in [0.1, 0.15) is 5.82 Å². The molecule has 0 aliphatic rings. The van der Waals surface area contributed by atoms with Gasteiger partial charge in [0.1, 0.15) is 12.1 Å². The molecule has 0 fully saturated rings. The molecule has 2 aromatic heterocycles. The molecule has 0 radical (unpaired) electrons. The molecule has 96 valence electrons. The first-order chi connectivity index (χ1) is 9.31. The van der Waals surface area contributed by atoms with Crippen LogP contribution in [0.4, 0.5) is 5.82 Å². The fourth-order valence-corrected chi connectivity index (χ4v) is 1.84. The standard InChI is InChI=1S/C13H14N6/c1-19-9-16-12(18-19)6-7-14-13-8-15-10-4-2-3-5-11(10)17-13/h2-5,8-9H,6-7H2,1H3,(H,14,17). The third-order valence-electron chi connectivity index (χ3n) is 2.75. The van der Waals surface area contributed by atoms with Crippen LogP contribution in [-0.4, -0.2) is 31.3 Å². The van der Waals surface area contributed by atoms with E-state index in [1.165, 1.54) is 0 Å². The molecular formula is C13H14N6. The van der Waals surface area contributed by atoms with E-state index < -0.39 is 0 Å². The monoisotopic (exact) mass is 254 g/mol. The van der Waals surface area contributed by atoms with Crippen molar-refractivity contribution in [1.82, 2.24) is 24.7 Å². The van der Waals surface area contributed by atoms with Crippen LogP contribution in [0.3, 0.4) is 0 Å². The first kappa shape index (κ1) is 11.6. The molecule has 0 saturated heterocycles. The number of rotatable bonds is 4. The van der Waals surface area contributed by atoms with Crippen molar-refractivity contribution in [3.63, 3.8) is 0 Å². The highest BCUT2D eigenvalue weighted by Gasteiger charge is 2.01. The van der Waals surface area contributed by atoms with Gasteiger partial charge in [0, 0.05) is 20.0 Å². The van der Waals surface area contributed by atoms with Crippen LogP contribution in [0.15, 0.2) is 36.8 Å². The molecule has 3 aromatic rings. The lowest BCUT2D eigenvalue weighted by Gasteiger charge is -2.04. The van der Waals surface area contributed by atoms with E-state index in [4.69, 9.17) is 0 Å². The lowest BCUT2D eigenvalue weighted by atomic mass is 10.3. The molecule has 0 unspecified atom stereocenters. The average Bonchev–Trinajstić information content (AvgIpc) is 2.84. The van der Waals surface area contributed by atoms with Crippen molar-refractivity contribution < 1.29 is 0 Å². The van der Waals surface area contributed by atoms with Crippen molar-refractivity contribution in [2.75, 3.05) is 11.9 Å². The summed E-state index contributed by atoms with van der Waals surface area (Å²) in [6.45, 7) is 0.733. The zero-order valence-electron chi connectivity index (χ0n) is 10.6. The maximum Gasteiger partial charge on any atom is 0.152 e. The molecule has 0 amide bonds. The van der Waals surface area contributed by atoms with E-state index in [9.17, 15) is 0 Å². The summed E-state index contributed by atoms with van der Waals surface area (Å²) in [6.07, 6.45) is 4.20. The van der Waals surface area contributed by atoms with Gasteiger partial charge in [-0.3, -0.25) is 9.67 Å². The molecule has 0 spiro atoms. The van der Waals surface area contributed by atoms with E-state index in [-0.39, 0.29) is 0 Å². The number of aryl methyl sites for hydroxylation is 1. The van der Waals surface area contributed by atoms with E-state index in [0.29, 0.717) is 0 Å². The number of fused-ring (bicyclic) bond motifs is 1. The minimum Gasteiger partial charge on any atom is -0.368 e. The molecule has 19 heavy (non-hydrogen) atoms. The van der Waals surface area contributed by atoms with E-state index in [2.05, 4.69) is 25.4 Å². The summed E-state index contributed by atoms with van der Waals surface area (Å²) in [5, 5.41) is 7.45. The lowest BCUT2D eigenvalue weighted by Crippen LogP contribution is -2.08. The molecule has 1 N–H and O–H groups in total. The van der Waals surface area contributed by atoms with Crippen LogP contribution < -0.4 is 5.32 Å². The summed E-state index contributed by atoms with van der Waals surface area (Å²) < 4.78 is 1.70.